The fourth-order valence-corrected chi connectivity index (χ4v) is 3.20. The number of hydrogen-bond donors (Lipinski definition) is 2. The van der Waals surface area contributed by atoms with Crippen LogP contribution in [0.4, 0.5) is 0 Å². The van der Waals surface area contributed by atoms with Gasteiger partial charge in [-0.05, 0) is 45.3 Å². The Morgan fingerprint density at radius 1 is 1.35 bits per heavy atom. The lowest BCUT2D eigenvalue weighted by Crippen LogP contribution is -2.37. The Morgan fingerprint density at radius 2 is 2.04 bits per heavy atom. The first-order valence-corrected chi connectivity index (χ1v) is 8.87. The van der Waals surface area contributed by atoms with Crippen molar-refractivity contribution in [1.29, 1.82) is 0 Å². The van der Waals surface area contributed by atoms with E-state index in [-0.39, 0.29) is 22.2 Å². The predicted molar refractivity (Wildman–Crippen MR) is 89.4 cm³/mol. The van der Waals surface area contributed by atoms with Crippen molar-refractivity contribution in [3.63, 3.8) is 0 Å². The summed E-state index contributed by atoms with van der Waals surface area (Å²) in [6.45, 7) is 0.977. The number of ether oxygens (including phenoxy) is 1. The number of nitrogens with zero attached hydrogens (tertiary/aromatic N) is 1. The molecule has 23 heavy (non-hydrogen) atoms. The Kier molecular flexibility index (Phi) is 7.77. The molecule has 0 saturated carbocycles. The second-order valence-electron chi connectivity index (χ2n) is 5.13. The first kappa shape index (κ1) is 19.7. The van der Waals surface area contributed by atoms with E-state index in [1.54, 1.807) is 0 Å². The van der Waals surface area contributed by atoms with Crippen molar-refractivity contribution in [3.8, 4) is 5.75 Å². The highest BCUT2D eigenvalue weighted by molar-refractivity contribution is 7.89. The van der Waals surface area contributed by atoms with Gasteiger partial charge in [0.15, 0.2) is 0 Å². The van der Waals surface area contributed by atoms with Crippen LogP contribution in [0.5, 0.6) is 5.75 Å². The summed E-state index contributed by atoms with van der Waals surface area (Å²) < 4.78 is 31.8. The SMILES string of the molecule is COc1ccc(Cl)cc1S(=O)(=O)NCC(=O)NCCCN(C)C. The van der Waals surface area contributed by atoms with Crippen LogP contribution in [0, 0.1) is 0 Å². The van der Waals surface area contributed by atoms with Gasteiger partial charge in [-0.3, -0.25) is 4.79 Å². The Morgan fingerprint density at radius 3 is 2.65 bits per heavy atom. The van der Waals surface area contributed by atoms with E-state index in [0.717, 1.165) is 13.0 Å². The number of methoxy groups -OCH3 is 1. The second-order valence-corrected chi connectivity index (χ2v) is 7.30. The Labute approximate surface area is 142 Å². The summed E-state index contributed by atoms with van der Waals surface area (Å²) in [7, 11) is 1.35. The van der Waals surface area contributed by atoms with Crippen molar-refractivity contribution >= 4 is 27.5 Å². The lowest BCUT2D eigenvalue weighted by molar-refractivity contribution is -0.119. The minimum atomic E-state index is -3.89. The quantitative estimate of drug-likeness (QED) is 0.630. The molecule has 0 aliphatic carbocycles. The van der Waals surface area contributed by atoms with Crippen LogP contribution in [0.25, 0.3) is 0 Å². The largest absolute Gasteiger partial charge is 0.495 e. The zero-order valence-electron chi connectivity index (χ0n) is 13.4. The molecule has 0 saturated heterocycles. The molecule has 1 aromatic rings. The molecule has 0 fully saturated rings. The van der Waals surface area contributed by atoms with Gasteiger partial charge in [0.25, 0.3) is 0 Å². The van der Waals surface area contributed by atoms with Crippen molar-refractivity contribution < 1.29 is 17.9 Å². The van der Waals surface area contributed by atoms with Crippen LogP contribution in [0.1, 0.15) is 6.42 Å². The van der Waals surface area contributed by atoms with Crippen molar-refractivity contribution in [2.45, 2.75) is 11.3 Å². The first-order chi connectivity index (χ1) is 10.8. The van der Waals surface area contributed by atoms with E-state index in [1.807, 2.05) is 19.0 Å². The van der Waals surface area contributed by atoms with Crippen LogP contribution in [0.15, 0.2) is 23.1 Å². The molecule has 9 heteroatoms. The lowest BCUT2D eigenvalue weighted by atomic mass is 10.3. The standard InChI is InChI=1S/C14H22ClN3O4S/c1-18(2)8-4-7-16-14(19)10-17-23(20,21)13-9-11(15)5-6-12(13)22-3/h5-6,9,17H,4,7-8,10H2,1-3H3,(H,16,19). The maximum Gasteiger partial charge on any atom is 0.244 e. The summed E-state index contributed by atoms with van der Waals surface area (Å²) in [5.74, 6) is -0.235. The molecule has 130 valence electrons. The molecule has 0 aliphatic heterocycles. The number of amides is 1. The monoisotopic (exact) mass is 363 g/mol. The van der Waals surface area contributed by atoms with E-state index < -0.39 is 15.9 Å². The van der Waals surface area contributed by atoms with Crippen LogP contribution in [0.2, 0.25) is 5.02 Å². The number of rotatable bonds is 9. The lowest BCUT2D eigenvalue weighted by Gasteiger charge is -2.12. The van der Waals surface area contributed by atoms with Gasteiger partial charge in [-0.1, -0.05) is 11.6 Å². The van der Waals surface area contributed by atoms with Gasteiger partial charge in [0, 0.05) is 11.6 Å². The molecule has 0 atom stereocenters. The van der Waals surface area contributed by atoms with Gasteiger partial charge in [-0.15, -0.1) is 0 Å². The highest BCUT2D eigenvalue weighted by Crippen LogP contribution is 2.26. The molecule has 0 spiro atoms. The Hall–Kier alpha value is -1.35. The predicted octanol–water partition coefficient (Wildman–Crippen LogP) is 0.695. The molecule has 1 rings (SSSR count). The first-order valence-electron chi connectivity index (χ1n) is 7.01. The highest BCUT2D eigenvalue weighted by Gasteiger charge is 2.20. The fraction of sp³-hybridized carbons (Fsp3) is 0.500. The molecule has 0 aliphatic rings. The van der Waals surface area contributed by atoms with E-state index in [4.69, 9.17) is 16.3 Å². The van der Waals surface area contributed by atoms with Gasteiger partial charge in [0.2, 0.25) is 15.9 Å². The van der Waals surface area contributed by atoms with Crippen LogP contribution >= 0.6 is 11.6 Å². The molecule has 0 heterocycles. The second kappa shape index (κ2) is 9.07. The van der Waals surface area contributed by atoms with E-state index in [0.29, 0.717) is 6.54 Å². The minimum Gasteiger partial charge on any atom is -0.495 e. The number of hydrogen-bond acceptors (Lipinski definition) is 5. The zero-order valence-corrected chi connectivity index (χ0v) is 15.0. The third-order valence-electron chi connectivity index (χ3n) is 2.94. The van der Waals surface area contributed by atoms with Crippen molar-refractivity contribution in [2.75, 3.05) is 40.8 Å². The summed E-state index contributed by atoms with van der Waals surface area (Å²) in [4.78, 5) is 13.6. The van der Waals surface area contributed by atoms with Crippen LogP contribution in [-0.2, 0) is 14.8 Å². The van der Waals surface area contributed by atoms with Crippen LogP contribution in [0.3, 0.4) is 0 Å². The van der Waals surface area contributed by atoms with Gasteiger partial charge >= 0.3 is 0 Å². The smallest absolute Gasteiger partial charge is 0.244 e. The topological polar surface area (TPSA) is 87.7 Å². The van der Waals surface area contributed by atoms with Gasteiger partial charge in [0.05, 0.1) is 13.7 Å². The number of nitrogens with one attached hydrogen (secondary N) is 2. The number of carbonyl (C=O) groups excluding carboxylic acids is 1. The van der Waals surface area contributed by atoms with E-state index in [1.165, 1.54) is 25.3 Å². The molecule has 7 nitrogen and oxygen atoms in total. The summed E-state index contributed by atoms with van der Waals surface area (Å²) in [5.41, 5.74) is 0. The summed E-state index contributed by atoms with van der Waals surface area (Å²) >= 11 is 5.82. The number of benzene rings is 1. The number of sulfonamides is 1. The van der Waals surface area contributed by atoms with E-state index >= 15 is 0 Å². The molecule has 0 unspecified atom stereocenters. The average Bonchev–Trinajstić information content (AvgIpc) is 2.49. The number of halogens is 1. The summed E-state index contributed by atoms with van der Waals surface area (Å²) in [5, 5.41) is 2.92. The third-order valence-corrected chi connectivity index (χ3v) is 4.60. The van der Waals surface area contributed by atoms with Crippen molar-refractivity contribution in [2.24, 2.45) is 0 Å². The van der Waals surface area contributed by atoms with Gasteiger partial charge in [0.1, 0.15) is 10.6 Å². The molecule has 0 radical (unpaired) electrons. The van der Waals surface area contributed by atoms with E-state index in [9.17, 15) is 13.2 Å². The van der Waals surface area contributed by atoms with E-state index in [2.05, 4.69) is 10.0 Å². The molecule has 1 aromatic carbocycles. The average molecular weight is 364 g/mol. The summed E-state index contributed by atoms with van der Waals surface area (Å²) in [6, 6.07) is 4.26. The van der Waals surface area contributed by atoms with Gasteiger partial charge in [-0.25, -0.2) is 13.1 Å². The zero-order chi connectivity index (χ0) is 17.5. The van der Waals surface area contributed by atoms with Crippen LogP contribution < -0.4 is 14.8 Å². The molecule has 2 N–H and O–H groups in total. The fourth-order valence-electron chi connectivity index (χ4n) is 1.78. The number of carbonyl (C=O) groups is 1. The van der Waals surface area contributed by atoms with Gasteiger partial charge in [-0.2, -0.15) is 0 Å². The summed E-state index contributed by atoms with van der Waals surface area (Å²) in [6.07, 6.45) is 0.785. The highest BCUT2D eigenvalue weighted by atomic mass is 35.5. The van der Waals surface area contributed by atoms with Crippen molar-refractivity contribution in [3.05, 3.63) is 23.2 Å². The Balaban J connectivity index is 2.59. The third kappa shape index (κ3) is 6.74. The molecule has 0 bridgehead atoms. The molecular weight excluding hydrogens is 342 g/mol. The van der Waals surface area contributed by atoms with Crippen LogP contribution in [-0.4, -0.2) is 60.1 Å². The molecule has 1 amide bonds. The Bertz CT molecular complexity index is 635. The van der Waals surface area contributed by atoms with Crippen molar-refractivity contribution in [1.82, 2.24) is 14.9 Å². The normalized spacial score (nSPS) is 11.5. The van der Waals surface area contributed by atoms with Gasteiger partial charge < -0.3 is 15.0 Å². The minimum absolute atomic E-state index is 0.104. The maximum atomic E-state index is 12.3. The molecule has 0 aromatic heterocycles. The molecular formula is C14H22ClN3O4S. The maximum absolute atomic E-state index is 12.3.